The maximum atomic E-state index is 13.0. The highest BCUT2D eigenvalue weighted by Gasteiger charge is 2.47. The van der Waals surface area contributed by atoms with Gasteiger partial charge >= 0.3 is 12.6 Å². The Kier molecular flexibility index (Phi) is 5.85. The molecule has 0 aliphatic carbocycles. The Labute approximate surface area is 182 Å². The fourth-order valence-electron chi connectivity index (χ4n) is 3.44. The number of carbonyl (C=O) groups excluding carboxylic acids is 2. The number of carbonyl (C=O) groups is 2. The van der Waals surface area contributed by atoms with E-state index >= 15 is 0 Å². The van der Waals surface area contributed by atoms with Crippen LogP contribution in [0.1, 0.15) is 24.8 Å². The molecular weight excluding hydrogens is 422 g/mol. The van der Waals surface area contributed by atoms with E-state index in [0.717, 1.165) is 16.0 Å². The largest absolute Gasteiger partial charge is 0.435 e. The molecule has 3 amide bonds. The summed E-state index contributed by atoms with van der Waals surface area (Å²) in [7, 11) is 0. The molecule has 2 heterocycles. The number of halogens is 2. The molecule has 8 nitrogen and oxygen atoms in total. The van der Waals surface area contributed by atoms with Crippen LogP contribution in [0.15, 0.2) is 59.0 Å². The van der Waals surface area contributed by atoms with Gasteiger partial charge in [-0.25, -0.2) is 4.79 Å². The van der Waals surface area contributed by atoms with E-state index < -0.39 is 24.1 Å². The molecule has 1 aliphatic rings. The maximum Gasteiger partial charge on any atom is 0.387 e. The summed E-state index contributed by atoms with van der Waals surface area (Å²) in [5, 5.41) is 10.6. The normalized spacial score (nSPS) is 18.3. The topological polar surface area (TPSA) is 97.6 Å². The lowest BCUT2D eigenvalue weighted by Crippen LogP contribution is -2.44. The van der Waals surface area contributed by atoms with Crippen molar-refractivity contribution >= 4 is 11.9 Å². The molecule has 0 radical (unpaired) electrons. The number of hydrogen-bond acceptors (Lipinski definition) is 6. The quantitative estimate of drug-likeness (QED) is 0.533. The van der Waals surface area contributed by atoms with Gasteiger partial charge in [0, 0.05) is 5.56 Å². The molecule has 0 bridgehead atoms. The first kappa shape index (κ1) is 21.4. The van der Waals surface area contributed by atoms with E-state index in [4.69, 9.17) is 4.42 Å². The lowest BCUT2D eigenvalue weighted by atomic mass is 9.93. The number of ether oxygens (including phenoxy) is 1. The SMILES string of the molecule is CC1(CCc2ccc(OC(F)F)cc2)NC(=O)N(Cc2nnc(-c3ccccc3)o2)C1=O. The van der Waals surface area contributed by atoms with E-state index in [1.165, 1.54) is 12.1 Å². The van der Waals surface area contributed by atoms with Gasteiger partial charge in [0.05, 0.1) is 0 Å². The molecule has 1 fully saturated rings. The predicted molar refractivity (Wildman–Crippen MR) is 109 cm³/mol. The van der Waals surface area contributed by atoms with Crippen molar-refractivity contribution in [1.29, 1.82) is 0 Å². The van der Waals surface area contributed by atoms with Gasteiger partial charge in [-0.3, -0.25) is 9.69 Å². The summed E-state index contributed by atoms with van der Waals surface area (Å²) >= 11 is 0. The smallest absolute Gasteiger partial charge is 0.387 e. The molecule has 0 saturated carbocycles. The Hall–Kier alpha value is -3.82. The van der Waals surface area contributed by atoms with Gasteiger partial charge in [-0.15, -0.1) is 10.2 Å². The van der Waals surface area contributed by atoms with Crippen LogP contribution in [0.3, 0.4) is 0 Å². The number of rotatable bonds is 8. The van der Waals surface area contributed by atoms with E-state index in [9.17, 15) is 18.4 Å². The van der Waals surface area contributed by atoms with Crippen LogP contribution in [0.4, 0.5) is 13.6 Å². The fourth-order valence-corrected chi connectivity index (χ4v) is 3.44. The van der Waals surface area contributed by atoms with Crippen LogP contribution in [0, 0.1) is 0 Å². The molecule has 1 saturated heterocycles. The van der Waals surface area contributed by atoms with Crippen molar-refractivity contribution in [2.75, 3.05) is 0 Å². The van der Waals surface area contributed by atoms with Gasteiger partial charge in [0.15, 0.2) is 0 Å². The number of imide groups is 1. The van der Waals surface area contributed by atoms with Crippen LogP contribution in [-0.4, -0.2) is 39.2 Å². The molecule has 3 aromatic rings. The Morgan fingerprint density at radius 1 is 1.09 bits per heavy atom. The summed E-state index contributed by atoms with van der Waals surface area (Å²) in [5.41, 5.74) is 0.438. The maximum absolute atomic E-state index is 13.0. The zero-order valence-electron chi connectivity index (χ0n) is 17.1. The van der Waals surface area contributed by atoms with Crippen molar-refractivity contribution in [2.45, 2.75) is 38.5 Å². The van der Waals surface area contributed by atoms with Gasteiger partial charge in [0.25, 0.3) is 5.91 Å². The summed E-state index contributed by atoms with van der Waals surface area (Å²) in [4.78, 5) is 26.5. The Bertz CT molecular complexity index is 1100. The number of alkyl halides is 2. The first-order valence-electron chi connectivity index (χ1n) is 9.90. The molecule has 166 valence electrons. The molecule has 4 rings (SSSR count). The van der Waals surface area contributed by atoms with Crippen molar-refractivity contribution in [3.05, 3.63) is 66.1 Å². The summed E-state index contributed by atoms with van der Waals surface area (Å²) < 4.78 is 34.5. The summed E-state index contributed by atoms with van der Waals surface area (Å²) in [6.45, 7) is -1.38. The summed E-state index contributed by atoms with van der Waals surface area (Å²) in [6, 6.07) is 14.8. The first-order valence-corrected chi connectivity index (χ1v) is 9.90. The fraction of sp³-hybridized carbons (Fsp3) is 0.273. The summed E-state index contributed by atoms with van der Waals surface area (Å²) in [5.74, 6) is 0.0985. The average molecular weight is 442 g/mol. The van der Waals surface area contributed by atoms with Crippen LogP contribution in [0.5, 0.6) is 5.75 Å². The molecule has 10 heteroatoms. The zero-order valence-corrected chi connectivity index (χ0v) is 17.1. The van der Waals surface area contributed by atoms with Gasteiger partial charge in [-0.2, -0.15) is 8.78 Å². The monoisotopic (exact) mass is 442 g/mol. The van der Waals surface area contributed by atoms with Crippen molar-refractivity contribution in [2.24, 2.45) is 0 Å². The van der Waals surface area contributed by atoms with Gasteiger partial charge in [-0.05, 0) is 49.6 Å². The minimum Gasteiger partial charge on any atom is -0.435 e. The highest BCUT2D eigenvalue weighted by molar-refractivity contribution is 6.06. The minimum absolute atomic E-state index is 0.0563. The molecule has 1 aromatic heterocycles. The second-order valence-corrected chi connectivity index (χ2v) is 7.54. The van der Waals surface area contributed by atoms with E-state index in [-0.39, 0.29) is 18.2 Å². The van der Waals surface area contributed by atoms with E-state index in [0.29, 0.717) is 18.7 Å². The van der Waals surface area contributed by atoms with E-state index in [1.54, 1.807) is 19.1 Å². The second kappa shape index (κ2) is 8.74. The Morgan fingerprint density at radius 2 is 1.81 bits per heavy atom. The molecule has 32 heavy (non-hydrogen) atoms. The van der Waals surface area contributed by atoms with Gasteiger partial charge in [0.2, 0.25) is 11.8 Å². The number of urea groups is 1. The van der Waals surface area contributed by atoms with E-state index in [1.807, 2.05) is 30.3 Å². The molecule has 0 spiro atoms. The Morgan fingerprint density at radius 3 is 2.50 bits per heavy atom. The number of nitrogens with one attached hydrogen (secondary N) is 1. The lowest BCUT2D eigenvalue weighted by molar-refractivity contribution is -0.131. The molecule has 1 N–H and O–H groups in total. The Balaban J connectivity index is 1.39. The van der Waals surface area contributed by atoms with Gasteiger partial charge < -0.3 is 14.5 Å². The van der Waals surface area contributed by atoms with Crippen LogP contribution in [0.25, 0.3) is 11.5 Å². The first-order chi connectivity index (χ1) is 15.3. The molecule has 2 aromatic carbocycles. The molecular formula is C22H20F2N4O4. The van der Waals surface area contributed by atoms with E-state index in [2.05, 4.69) is 20.3 Å². The third kappa shape index (κ3) is 4.58. The number of amides is 3. The molecule has 1 unspecified atom stereocenters. The highest BCUT2D eigenvalue weighted by atomic mass is 19.3. The third-order valence-electron chi connectivity index (χ3n) is 5.19. The van der Waals surface area contributed by atoms with Crippen molar-refractivity contribution in [3.63, 3.8) is 0 Å². The summed E-state index contributed by atoms with van der Waals surface area (Å²) in [6.07, 6.45) is 0.770. The molecule has 1 aliphatic heterocycles. The van der Waals surface area contributed by atoms with Crippen LogP contribution < -0.4 is 10.1 Å². The standard InChI is InChI=1S/C22H20F2N4O4/c1-22(12-11-14-7-9-16(10-8-14)31-20(23)24)19(29)28(21(30)25-22)13-17-26-27-18(32-17)15-5-3-2-4-6-15/h2-10,20H,11-13H2,1H3,(H,25,30). The molecule has 1 atom stereocenters. The van der Waals surface area contributed by atoms with Gasteiger partial charge in [-0.1, -0.05) is 30.3 Å². The van der Waals surface area contributed by atoms with Crippen LogP contribution in [0.2, 0.25) is 0 Å². The number of hydrogen-bond donors (Lipinski definition) is 1. The third-order valence-corrected chi connectivity index (χ3v) is 5.19. The lowest BCUT2D eigenvalue weighted by Gasteiger charge is -2.21. The average Bonchev–Trinajstić information content (AvgIpc) is 3.33. The van der Waals surface area contributed by atoms with Crippen LogP contribution in [-0.2, 0) is 17.8 Å². The van der Waals surface area contributed by atoms with Crippen LogP contribution >= 0.6 is 0 Å². The van der Waals surface area contributed by atoms with Crippen molar-refractivity contribution in [3.8, 4) is 17.2 Å². The predicted octanol–water partition coefficient (Wildman–Crippen LogP) is 3.78. The number of aromatic nitrogens is 2. The second-order valence-electron chi connectivity index (χ2n) is 7.54. The van der Waals surface area contributed by atoms with Crippen molar-refractivity contribution < 1.29 is 27.5 Å². The van der Waals surface area contributed by atoms with Gasteiger partial charge in [0.1, 0.15) is 17.8 Å². The zero-order chi connectivity index (χ0) is 22.7. The number of aryl methyl sites for hydroxylation is 1. The van der Waals surface area contributed by atoms with Crippen molar-refractivity contribution in [1.82, 2.24) is 20.4 Å². The minimum atomic E-state index is -2.89. The highest BCUT2D eigenvalue weighted by Crippen LogP contribution is 2.26. The number of nitrogens with zero attached hydrogens (tertiary/aromatic N) is 3. The number of benzene rings is 2.